The summed E-state index contributed by atoms with van der Waals surface area (Å²) in [4.78, 5) is 7.19. The van der Waals surface area contributed by atoms with Gasteiger partial charge in [0, 0.05) is 5.56 Å². The standard InChI is InChI=1S/C14H11FN2O/c1-18-14-5-3-10(15)7-11(14)9-2-4-12-13(6-9)17-8-16-12/h2-8H,1H3,(H,16,17). The molecule has 0 fully saturated rings. The monoisotopic (exact) mass is 242 g/mol. The minimum atomic E-state index is -0.282. The van der Waals surface area contributed by atoms with E-state index in [9.17, 15) is 4.39 Å². The highest BCUT2D eigenvalue weighted by atomic mass is 19.1. The lowest BCUT2D eigenvalue weighted by atomic mass is 10.0. The van der Waals surface area contributed by atoms with Crippen LogP contribution in [0.15, 0.2) is 42.7 Å². The predicted octanol–water partition coefficient (Wildman–Crippen LogP) is 3.38. The van der Waals surface area contributed by atoms with E-state index in [1.54, 1.807) is 19.5 Å². The van der Waals surface area contributed by atoms with Gasteiger partial charge in [-0.3, -0.25) is 0 Å². The molecule has 2 aromatic carbocycles. The molecule has 4 heteroatoms. The zero-order valence-corrected chi connectivity index (χ0v) is 9.77. The van der Waals surface area contributed by atoms with Gasteiger partial charge in [0.1, 0.15) is 11.6 Å². The maximum atomic E-state index is 13.3. The first-order valence-corrected chi connectivity index (χ1v) is 5.55. The highest BCUT2D eigenvalue weighted by Gasteiger charge is 2.08. The molecule has 18 heavy (non-hydrogen) atoms. The van der Waals surface area contributed by atoms with Crippen molar-refractivity contribution in [1.29, 1.82) is 0 Å². The fourth-order valence-corrected chi connectivity index (χ4v) is 2.01. The van der Waals surface area contributed by atoms with Gasteiger partial charge in [-0.15, -0.1) is 0 Å². The van der Waals surface area contributed by atoms with Crippen LogP contribution in [-0.2, 0) is 0 Å². The van der Waals surface area contributed by atoms with Crippen LogP contribution in [0.4, 0.5) is 4.39 Å². The third-order valence-electron chi connectivity index (χ3n) is 2.89. The molecule has 0 amide bonds. The number of fused-ring (bicyclic) bond motifs is 1. The van der Waals surface area contributed by atoms with E-state index in [0.29, 0.717) is 5.75 Å². The fraction of sp³-hybridized carbons (Fsp3) is 0.0714. The van der Waals surface area contributed by atoms with E-state index in [-0.39, 0.29) is 5.82 Å². The van der Waals surface area contributed by atoms with Crippen LogP contribution in [0.25, 0.3) is 22.2 Å². The van der Waals surface area contributed by atoms with Gasteiger partial charge in [-0.25, -0.2) is 9.37 Å². The molecule has 0 aliphatic heterocycles. The van der Waals surface area contributed by atoms with Crippen molar-refractivity contribution in [3.63, 3.8) is 0 Å². The molecule has 1 aromatic heterocycles. The second-order valence-electron chi connectivity index (χ2n) is 3.98. The minimum absolute atomic E-state index is 0.282. The smallest absolute Gasteiger partial charge is 0.126 e. The number of imidazole rings is 1. The van der Waals surface area contributed by atoms with E-state index < -0.39 is 0 Å². The second-order valence-corrected chi connectivity index (χ2v) is 3.98. The fourth-order valence-electron chi connectivity index (χ4n) is 2.01. The van der Waals surface area contributed by atoms with Crippen LogP contribution in [0.2, 0.25) is 0 Å². The molecule has 0 atom stereocenters. The summed E-state index contributed by atoms with van der Waals surface area (Å²) in [6.07, 6.45) is 1.64. The molecule has 0 saturated carbocycles. The molecular formula is C14H11FN2O. The van der Waals surface area contributed by atoms with Gasteiger partial charge >= 0.3 is 0 Å². The molecular weight excluding hydrogens is 231 g/mol. The zero-order chi connectivity index (χ0) is 12.5. The largest absolute Gasteiger partial charge is 0.496 e. The van der Waals surface area contributed by atoms with Gasteiger partial charge in [-0.2, -0.15) is 0 Å². The van der Waals surface area contributed by atoms with Crippen LogP contribution in [0.3, 0.4) is 0 Å². The lowest BCUT2D eigenvalue weighted by Gasteiger charge is -2.08. The molecule has 0 unspecified atom stereocenters. The summed E-state index contributed by atoms with van der Waals surface area (Å²) in [5.74, 6) is 0.366. The Morgan fingerprint density at radius 2 is 2.06 bits per heavy atom. The number of benzene rings is 2. The number of aromatic amines is 1. The first kappa shape index (κ1) is 10.8. The Morgan fingerprint density at radius 1 is 1.17 bits per heavy atom. The second kappa shape index (κ2) is 4.14. The van der Waals surface area contributed by atoms with Crippen LogP contribution in [0.1, 0.15) is 0 Å². The maximum absolute atomic E-state index is 13.3. The van der Waals surface area contributed by atoms with Crippen molar-refractivity contribution in [2.75, 3.05) is 7.11 Å². The normalized spacial score (nSPS) is 10.8. The van der Waals surface area contributed by atoms with Gasteiger partial charge in [0.15, 0.2) is 0 Å². The van der Waals surface area contributed by atoms with Crippen LogP contribution in [0, 0.1) is 5.82 Å². The van der Waals surface area contributed by atoms with E-state index >= 15 is 0 Å². The third-order valence-corrected chi connectivity index (χ3v) is 2.89. The first-order chi connectivity index (χ1) is 8.78. The molecule has 0 aliphatic rings. The van der Waals surface area contributed by atoms with Crippen molar-refractivity contribution in [2.24, 2.45) is 0 Å². The van der Waals surface area contributed by atoms with Crippen molar-refractivity contribution in [3.8, 4) is 16.9 Å². The van der Waals surface area contributed by atoms with Gasteiger partial charge in [0.05, 0.1) is 24.5 Å². The van der Waals surface area contributed by atoms with Gasteiger partial charge in [0.25, 0.3) is 0 Å². The molecule has 1 N–H and O–H groups in total. The van der Waals surface area contributed by atoms with Crippen LogP contribution in [0.5, 0.6) is 5.75 Å². The molecule has 3 aromatic rings. The number of methoxy groups -OCH3 is 1. The number of aromatic nitrogens is 2. The van der Waals surface area contributed by atoms with Crippen LogP contribution < -0.4 is 4.74 Å². The van der Waals surface area contributed by atoms with E-state index in [4.69, 9.17) is 4.74 Å². The van der Waals surface area contributed by atoms with E-state index in [0.717, 1.165) is 22.2 Å². The Kier molecular flexibility index (Phi) is 2.48. The molecule has 0 saturated heterocycles. The number of halogens is 1. The molecule has 0 radical (unpaired) electrons. The Labute approximate surface area is 103 Å². The summed E-state index contributed by atoms with van der Waals surface area (Å²) >= 11 is 0. The van der Waals surface area contributed by atoms with Crippen LogP contribution >= 0.6 is 0 Å². The highest BCUT2D eigenvalue weighted by Crippen LogP contribution is 2.31. The van der Waals surface area contributed by atoms with Gasteiger partial charge in [-0.05, 0) is 35.9 Å². The molecule has 3 nitrogen and oxygen atoms in total. The number of nitrogens with zero attached hydrogens (tertiary/aromatic N) is 1. The highest BCUT2D eigenvalue weighted by molar-refractivity contribution is 5.83. The number of H-pyrrole nitrogens is 1. The number of hydrogen-bond acceptors (Lipinski definition) is 2. The zero-order valence-electron chi connectivity index (χ0n) is 9.77. The molecule has 0 spiro atoms. The number of rotatable bonds is 2. The Bertz CT molecular complexity index is 706. The van der Waals surface area contributed by atoms with E-state index in [2.05, 4.69) is 9.97 Å². The van der Waals surface area contributed by atoms with Crippen molar-refractivity contribution in [2.45, 2.75) is 0 Å². The summed E-state index contributed by atoms with van der Waals surface area (Å²) < 4.78 is 18.6. The summed E-state index contributed by atoms with van der Waals surface area (Å²) in [6, 6.07) is 10.2. The minimum Gasteiger partial charge on any atom is -0.496 e. The van der Waals surface area contributed by atoms with Crippen LogP contribution in [-0.4, -0.2) is 17.1 Å². The topological polar surface area (TPSA) is 37.9 Å². The average molecular weight is 242 g/mol. The predicted molar refractivity (Wildman–Crippen MR) is 68.0 cm³/mol. The molecule has 0 aliphatic carbocycles. The van der Waals surface area contributed by atoms with Gasteiger partial charge in [0.2, 0.25) is 0 Å². The Hall–Kier alpha value is -2.36. The van der Waals surface area contributed by atoms with Crippen molar-refractivity contribution in [1.82, 2.24) is 9.97 Å². The van der Waals surface area contributed by atoms with Crippen molar-refractivity contribution >= 4 is 11.0 Å². The first-order valence-electron chi connectivity index (χ1n) is 5.55. The summed E-state index contributed by atoms with van der Waals surface area (Å²) in [5.41, 5.74) is 3.42. The van der Waals surface area contributed by atoms with E-state index in [1.165, 1.54) is 12.1 Å². The third kappa shape index (κ3) is 1.72. The Balaban J connectivity index is 2.21. The number of hydrogen-bond donors (Lipinski definition) is 1. The summed E-state index contributed by atoms with van der Waals surface area (Å²) in [6.45, 7) is 0. The summed E-state index contributed by atoms with van der Waals surface area (Å²) in [5, 5.41) is 0. The molecule has 1 heterocycles. The molecule has 0 bridgehead atoms. The number of nitrogens with one attached hydrogen (secondary N) is 1. The lowest BCUT2D eigenvalue weighted by molar-refractivity contribution is 0.415. The van der Waals surface area contributed by atoms with Crippen molar-refractivity contribution < 1.29 is 9.13 Å². The van der Waals surface area contributed by atoms with Gasteiger partial charge < -0.3 is 9.72 Å². The van der Waals surface area contributed by atoms with Crippen molar-refractivity contribution in [3.05, 3.63) is 48.5 Å². The average Bonchev–Trinajstić information content (AvgIpc) is 2.85. The molecule has 90 valence electrons. The maximum Gasteiger partial charge on any atom is 0.126 e. The van der Waals surface area contributed by atoms with Gasteiger partial charge in [-0.1, -0.05) is 6.07 Å². The Morgan fingerprint density at radius 3 is 2.89 bits per heavy atom. The van der Waals surface area contributed by atoms with E-state index in [1.807, 2.05) is 18.2 Å². The molecule has 3 rings (SSSR count). The quantitative estimate of drug-likeness (QED) is 0.748. The lowest BCUT2D eigenvalue weighted by Crippen LogP contribution is -1.89. The number of ether oxygens (including phenoxy) is 1. The summed E-state index contributed by atoms with van der Waals surface area (Å²) in [7, 11) is 1.57. The SMILES string of the molecule is COc1ccc(F)cc1-c1ccc2nc[nH]c2c1.